The Labute approximate surface area is 148 Å². The molecule has 0 saturated heterocycles. The Morgan fingerprint density at radius 2 is 2.04 bits per heavy atom. The third-order valence-corrected chi connectivity index (χ3v) is 5.26. The molecule has 1 amide bonds. The SMILES string of the molecule is COc1ccc(NC(=O)[C@H]2Nc3cc(F)ccc3S(=O)(=O)N2)cc1Cl. The highest BCUT2D eigenvalue weighted by molar-refractivity contribution is 7.89. The van der Waals surface area contributed by atoms with Gasteiger partial charge < -0.3 is 15.4 Å². The number of anilines is 2. The molecule has 0 unspecified atom stereocenters. The van der Waals surface area contributed by atoms with E-state index in [1.807, 2.05) is 0 Å². The number of ether oxygens (including phenoxy) is 1. The zero-order valence-electron chi connectivity index (χ0n) is 12.8. The molecular weight excluding hydrogens is 373 g/mol. The number of carbonyl (C=O) groups is 1. The summed E-state index contributed by atoms with van der Waals surface area (Å²) in [6, 6.07) is 7.73. The second-order valence-corrected chi connectivity index (χ2v) is 7.27. The number of carbonyl (C=O) groups excluding carboxylic acids is 1. The van der Waals surface area contributed by atoms with Gasteiger partial charge in [-0.2, -0.15) is 4.72 Å². The van der Waals surface area contributed by atoms with Crippen molar-refractivity contribution in [3.05, 3.63) is 47.2 Å². The number of sulfonamides is 1. The summed E-state index contributed by atoms with van der Waals surface area (Å²) in [5.74, 6) is -0.871. The lowest BCUT2D eigenvalue weighted by Gasteiger charge is -2.27. The molecule has 7 nitrogen and oxygen atoms in total. The lowest BCUT2D eigenvalue weighted by atomic mass is 10.2. The average molecular weight is 386 g/mol. The number of fused-ring (bicyclic) bond motifs is 1. The van der Waals surface area contributed by atoms with E-state index >= 15 is 0 Å². The van der Waals surface area contributed by atoms with Gasteiger partial charge in [-0.05, 0) is 36.4 Å². The minimum Gasteiger partial charge on any atom is -0.495 e. The summed E-state index contributed by atoms with van der Waals surface area (Å²) in [5, 5.41) is 5.46. The van der Waals surface area contributed by atoms with Crippen LogP contribution in [0, 0.1) is 5.82 Å². The largest absolute Gasteiger partial charge is 0.495 e. The Kier molecular flexibility index (Phi) is 4.55. The van der Waals surface area contributed by atoms with Crippen molar-refractivity contribution in [3.63, 3.8) is 0 Å². The zero-order valence-corrected chi connectivity index (χ0v) is 14.4. The predicted molar refractivity (Wildman–Crippen MR) is 90.8 cm³/mol. The number of amides is 1. The molecule has 0 aliphatic carbocycles. The highest BCUT2D eigenvalue weighted by Gasteiger charge is 2.33. The molecule has 10 heteroatoms. The van der Waals surface area contributed by atoms with E-state index in [1.165, 1.54) is 13.2 Å². The van der Waals surface area contributed by atoms with Gasteiger partial charge in [0.15, 0.2) is 6.17 Å². The normalized spacial score (nSPS) is 18.0. The van der Waals surface area contributed by atoms with Crippen molar-refractivity contribution in [2.75, 3.05) is 17.7 Å². The first-order valence-electron chi connectivity index (χ1n) is 7.03. The lowest BCUT2D eigenvalue weighted by Crippen LogP contribution is -2.51. The molecule has 1 atom stereocenters. The molecule has 0 bridgehead atoms. The maximum absolute atomic E-state index is 13.4. The summed E-state index contributed by atoms with van der Waals surface area (Å²) in [6.07, 6.45) is -1.31. The summed E-state index contributed by atoms with van der Waals surface area (Å²) < 4.78 is 45.0. The molecular formula is C15H13ClFN3O4S. The fraction of sp³-hybridized carbons (Fsp3) is 0.133. The minimum absolute atomic E-state index is 0.00617. The van der Waals surface area contributed by atoms with Crippen LogP contribution in [0.3, 0.4) is 0 Å². The van der Waals surface area contributed by atoms with Crippen LogP contribution in [0.5, 0.6) is 5.75 Å². The number of methoxy groups -OCH3 is 1. The molecule has 1 aliphatic rings. The fourth-order valence-corrected chi connectivity index (χ4v) is 3.85. The molecule has 2 aromatic carbocycles. The highest BCUT2D eigenvalue weighted by Crippen LogP contribution is 2.29. The summed E-state index contributed by atoms with van der Waals surface area (Å²) in [7, 11) is -2.50. The van der Waals surface area contributed by atoms with E-state index in [4.69, 9.17) is 16.3 Å². The molecule has 0 aromatic heterocycles. The lowest BCUT2D eigenvalue weighted by molar-refractivity contribution is -0.117. The zero-order chi connectivity index (χ0) is 18.2. The number of hydrogen-bond donors (Lipinski definition) is 3. The second kappa shape index (κ2) is 6.51. The molecule has 3 rings (SSSR count). The topological polar surface area (TPSA) is 96.5 Å². The van der Waals surface area contributed by atoms with Crippen LogP contribution in [0.15, 0.2) is 41.3 Å². The number of nitrogens with one attached hydrogen (secondary N) is 3. The van der Waals surface area contributed by atoms with Crippen LogP contribution < -0.4 is 20.1 Å². The highest BCUT2D eigenvalue weighted by atomic mass is 35.5. The van der Waals surface area contributed by atoms with Crippen LogP contribution >= 0.6 is 11.6 Å². The van der Waals surface area contributed by atoms with Crippen molar-refractivity contribution >= 4 is 38.9 Å². The standard InChI is InChI=1S/C15H13ClFN3O4S/c1-24-12-4-3-9(7-10(12)16)18-15(21)14-19-11-6-8(17)2-5-13(11)25(22,23)20-14/h2-7,14,19-20H,1H3,(H,18,21)/t14-/m0/s1. The minimum atomic E-state index is -3.95. The molecule has 1 heterocycles. The molecule has 2 aromatic rings. The molecule has 1 aliphatic heterocycles. The van der Waals surface area contributed by atoms with Gasteiger partial charge in [0, 0.05) is 5.69 Å². The van der Waals surface area contributed by atoms with E-state index in [0.29, 0.717) is 11.4 Å². The van der Waals surface area contributed by atoms with E-state index in [0.717, 1.165) is 18.2 Å². The Bertz CT molecular complexity index is 952. The van der Waals surface area contributed by atoms with E-state index in [9.17, 15) is 17.6 Å². The number of rotatable bonds is 3. The van der Waals surface area contributed by atoms with Crippen molar-refractivity contribution < 1.29 is 22.3 Å². The third kappa shape index (κ3) is 3.53. The van der Waals surface area contributed by atoms with Gasteiger partial charge >= 0.3 is 0 Å². The fourth-order valence-electron chi connectivity index (χ4n) is 2.33. The van der Waals surface area contributed by atoms with Crippen molar-refractivity contribution in [1.29, 1.82) is 0 Å². The van der Waals surface area contributed by atoms with Crippen LogP contribution in [0.2, 0.25) is 5.02 Å². The van der Waals surface area contributed by atoms with Crippen LogP contribution in [0.4, 0.5) is 15.8 Å². The van der Waals surface area contributed by atoms with E-state index in [2.05, 4.69) is 15.4 Å². The molecule has 0 saturated carbocycles. The maximum Gasteiger partial charge on any atom is 0.262 e. The molecule has 25 heavy (non-hydrogen) atoms. The molecule has 3 N–H and O–H groups in total. The van der Waals surface area contributed by atoms with Crippen LogP contribution in [-0.4, -0.2) is 27.6 Å². The Morgan fingerprint density at radius 3 is 2.72 bits per heavy atom. The van der Waals surface area contributed by atoms with E-state index in [1.54, 1.807) is 12.1 Å². The number of hydrogen-bond acceptors (Lipinski definition) is 5. The first-order valence-corrected chi connectivity index (χ1v) is 8.89. The van der Waals surface area contributed by atoms with Crippen LogP contribution in [0.25, 0.3) is 0 Å². The third-order valence-electron chi connectivity index (χ3n) is 3.49. The van der Waals surface area contributed by atoms with Crippen LogP contribution in [0.1, 0.15) is 0 Å². The molecule has 0 spiro atoms. The first kappa shape index (κ1) is 17.5. The van der Waals surface area contributed by atoms with Crippen molar-refractivity contribution in [2.45, 2.75) is 11.1 Å². The summed E-state index contributed by atoms with van der Waals surface area (Å²) in [6.45, 7) is 0. The van der Waals surface area contributed by atoms with Gasteiger partial charge in [-0.15, -0.1) is 0 Å². The molecule has 0 radical (unpaired) electrons. The van der Waals surface area contributed by atoms with Crippen molar-refractivity contribution in [2.24, 2.45) is 0 Å². The summed E-state index contributed by atoms with van der Waals surface area (Å²) >= 11 is 5.98. The molecule has 132 valence electrons. The first-order chi connectivity index (χ1) is 11.8. The number of halogens is 2. The predicted octanol–water partition coefficient (Wildman–Crippen LogP) is 2.16. The van der Waals surface area contributed by atoms with Crippen molar-refractivity contribution in [3.8, 4) is 5.75 Å². The maximum atomic E-state index is 13.4. The van der Waals surface area contributed by atoms with Gasteiger partial charge in [-0.1, -0.05) is 11.6 Å². The van der Waals surface area contributed by atoms with Gasteiger partial charge in [0.1, 0.15) is 16.5 Å². The number of benzene rings is 2. The van der Waals surface area contributed by atoms with E-state index < -0.39 is 27.9 Å². The average Bonchev–Trinajstić information content (AvgIpc) is 2.53. The van der Waals surface area contributed by atoms with Gasteiger partial charge in [-0.3, -0.25) is 4.79 Å². The quantitative estimate of drug-likeness (QED) is 0.752. The van der Waals surface area contributed by atoms with Gasteiger partial charge in [-0.25, -0.2) is 12.8 Å². The Hall–Kier alpha value is -2.36. The Morgan fingerprint density at radius 1 is 1.28 bits per heavy atom. The second-order valence-electron chi connectivity index (χ2n) is 5.18. The van der Waals surface area contributed by atoms with E-state index in [-0.39, 0.29) is 15.6 Å². The van der Waals surface area contributed by atoms with Crippen molar-refractivity contribution in [1.82, 2.24) is 4.72 Å². The summed E-state index contributed by atoms with van der Waals surface area (Å²) in [4.78, 5) is 12.2. The van der Waals surface area contributed by atoms with Crippen LogP contribution in [-0.2, 0) is 14.8 Å². The Balaban J connectivity index is 1.83. The monoisotopic (exact) mass is 385 g/mol. The van der Waals surface area contributed by atoms with Gasteiger partial charge in [0.2, 0.25) is 10.0 Å². The summed E-state index contributed by atoms with van der Waals surface area (Å²) in [5.41, 5.74) is 0.355. The smallest absolute Gasteiger partial charge is 0.262 e. The molecule has 0 fully saturated rings. The van der Waals surface area contributed by atoms with Gasteiger partial charge in [0.05, 0.1) is 17.8 Å². The van der Waals surface area contributed by atoms with Gasteiger partial charge in [0.25, 0.3) is 5.91 Å².